The molecular formula is C13H20N2O3. The molecule has 0 saturated carbocycles. The maximum absolute atomic E-state index is 12.0. The summed E-state index contributed by atoms with van der Waals surface area (Å²) in [6.07, 6.45) is 1.93. The first kappa shape index (κ1) is 14.3. The SMILES string of the molecule is CCC(=O)N[C@@H](C(=O)NCc1ccco1)C(C)C. The van der Waals surface area contributed by atoms with Gasteiger partial charge < -0.3 is 15.1 Å². The fourth-order valence-electron chi connectivity index (χ4n) is 1.51. The lowest BCUT2D eigenvalue weighted by molar-refractivity contribution is -0.130. The van der Waals surface area contributed by atoms with Gasteiger partial charge in [-0.05, 0) is 18.1 Å². The van der Waals surface area contributed by atoms with Crippen LogP contribution in [0.5, 0.6) is 0 Å². The standard InChI is InChI=1S/C13H20N2O3/c1-4-11(16)15-12(9(2)3)13(17)14-8-10-6-5-7-18-10/h5-7,9,12H,4,8H2,1-3H3,(H,14,17)(H,15,16)/t12-/m1/s1. The normalized spacial score (nSPS) is 12.2. The lowest BCUT2D eigenvalue weighted by Crippen LogP contribution is -2.49. The summed E-state index contributed by atoms with van der Waals surface area (Å²) >= 11 is 0. The Morgan fingerprint density at radius 2 is 2.11 bits per heavy atom. The van der Waals surface area contributed by atoms with E-state index in [1.54, 1.807) is 25.3 Å². The summed E-state index contributed by atoms with van der Waals surface area (Å²) in [5, 5.41) is 5.46. The van der Waals surface area contributed by atoms with Gasteiger partial charge in [-0.15, -0.1) is 0 Å². The molecule has 1 aromatic rings. The van der Waals surface area contributed by atoms with E-state index >= 15 is 0 Å². The van der Waals surface area contributed by atoms with Gasteiger partial charge in [-0.1, -0.05) is 20.8 Å². The predicted molar refractivity (Wildman–Crippen MR) is 67.6 cm³/mol. The van der Waals surface area contributed by atoms with Crippen LogP contribution in [0.4, 0.5) is 0 Å². The van der Waals surface area contributed by atoms with Crippen LogP contribution < -0.4 is 10.6 Å². The Hall–Kier alpha value is -1.78. The molecule has 1 atom stereocenters. The molecular weight excluding hydrogens is 232 g/mol. The molecule has 0 aliphatic heterocycles. The minimum Gasteiger partial charge on any atom is -0.467 e. The first-order valence-corrected chi connectivity index (χ1v) is 6.14. The Morgan fingerprint density at radius 3 is 2.61 bits per heavy atom. The molecule has 100 valence electrons. The van der Waals surface area contributed by atoms with Crippen molar-refractivity contribution in [2.75, 3.05) is 0 Å². The van der Waals surface area contributed by atoms with Crippen LogP contribution in [0.15, 0.2) is 22.8 Å². The van der Waals surface area contributed by atoms with Crippen LogP contribution in [0, 0.1) is 5.92 Å². The van der Waals surface area contributed by atoms with Gasteiger partial charge in [0, 0.05) is 6.42 Å². The van der Waals surface area contributed by atoms with Crippen LogP contribution in [-0.2, 0) is 16.1 Å². The Morgan fingerprint density at radius 1 is 1.39 bits per heavy atom. The molecule has 2 amide bonds. The van der Waals surface area contributed by atoms with E-state index in [0.717, 1.165) is 0 Å². The molecule has 0 spiro atoms. The lowest BCUT2D eigenvalue weighted by atomic mass is 10.0. The summed E-state index contributed by atoms with van der Waals surface area (Å²) in [4.78, 5) is 23.3. The number of amides is 2. The van der Waals surface area contributed by atoms with Crippen molar-refractivity contribution in [2.24, 2.45) is 5.92 Å². The largest absolute Gasteiger partial charge is 0.467 e. The molecule has 0 aliphatic rings. The van der Waals surface area contributed by atoms with Crippen molar-refractivity contribution in [1.29, 1.82) is 0 Å². The topological polar surface area (TPSA) is 71.3 Å². The van der Waals surface area contributed by atoms with Crippen molar-refractivity contribution in [1.82, 2.24) is 10.6 Å². The Kier molecular flexibility index (Phi) is 5.42. The van der Waals surface area contributed by atoms with Crippen molar-refractivity contribution in [3.8, 4) is 0 Å². The van der Waals surface area contributed by atoms with Gasteiger partial charge in [0.15, 0.2) is 0 Å². The maximum atomic E-state index is 12.0. The van der Waals surface area contributed by atoms with E-state index in [0.29, 0.717) is 18.7 Å². The molecule has 0 saturated heterocycles. The lowest BCUT2D eigenvalue weighted by Gasteiger charge is -2.21. The summed E-state index contributed by atoms with van der Waals surface area (Å²) in [5.74, 6) is 0.412. The van der Waals surface area contributed by atoms with E-state index in [1.165, 1.54) is 0 Å². The molecule has 0 fully saturated rings. The van der Waals surface area contributed by atoms with Crippen molar-refractivity contribution >= 4 is 11.8 Å². The second-order valence-electron chi connectivity index (χ2n) is 4.44. The second kappa shape index (κ2) is 6.83. The van der Waals surface area contributed by atoms with Gasteiger partial charge in [0.05, 0.1) is 12.8 Å². The van der Waals surface area contributed by atoms with Crippen molar-refractivity contribution in [3.63, 3.8) is 0 Å². The zero-order chi connectivity index (χ0) is 13.5. The van der Waals surface area contributed by atoms with Crippen LogP contribution in [-0.4, -0.2) is 17.9 Å². The Balaban J connectivity index is 2.51. The van der Waals surface area contributed by atoms with Crippen LogP contribution in [0.1, 0.15) is 33.0 Å². The highest BCUT2D eigenvalue weighted by molar-refractivity contribution is 5.87. The van der Waals surface area contributed by atoms with E-state index in [-0.39, 0.29) is 17.7 Å². The number of hydrogen-bond donors (Lipinski definition) is 2. The Labute approximate surface area is 107 Å². The molecule has 5 heteroatoms. The number of hydrogen-bond acceptors (Lipinski definition) is 3. The number of carbonyl (C=O) groups is 2. The van der Waals surface area contributed by atoms with Crippen molar-refractivity contribution in [2.45, 2.75) is 39.8 Å². The van der Waals surface area contributed by atoms with Gasteiger partial charge in [0.2, 0.25) is 11.8 Å². The van der Waals surface area contributed by atoms with Gasteiger partial charge in [-0.3, -0.25) is 9.59 Å². The van der Waals surface area contributed by atoms with Gasteiger partial charge in [0.25, 0.3) is 0 Å². The summed E-state index contributed by atoms with van der Waals surface area (Å²) in [7, 11) is 0. The van der Waals surface area contributed by atoms with Crippen LogP contribution >= 0.6 is 0 Å². The van der Waals surface area contributed by atoms with E-state index in [2.05, 4.69) is 10.6 Å². The highest BCUT2D eigenvalue weighted by Gasteiger charge is 2.23. The molecule has 2 N–H and O–H groups in total. The molecule has 0 radical (unpaired) electrons. The predicted octanol–water partition coefficient (Wildman–Crippen LogP) is 1.45. The summed E-state index contributed by atoms with van der Waals surface area (Å²) in [6.45, 7) is 5.88. The second-order valence-corrected chi connectivity index (χ2v) is 4.44. The van der Waals surface area contributed by atoms with Gasteiger partial charge in [-0.25, -0.2) is 0 Å². The van der Waals surface area contributed by atoms with E-state index in [1.807, 2.05) is 13.8 Å². The molecule has 0 aromatic carbocycles. The average Bonchev–Trinajstić information content (AvgIpc) is 2.85. The van der Waals surface area contributed by atoms with Gasteiger partial charge >= 0.3 is 0 Å². The molecule has 5 nitrogen and oxygen atoms in total. The molecule has 0 unspecified atom stereocenters. The van der Waals surface area contributed by atoms with Crippen LogP contribution in [0.3, 0.4) is 0 Å². The van der Waals surface area contributed by atoms with Crippen molar-refractivity contribution in [3.05, 3.63) is 24.2 Å². The molecule has 1 rings (SSSR count). The average molecular weight is 252 g/mol. The first-order chi connectivity index (χ1) is 8.54. The number of rotatable bonds is 6. The molecule has 1 aromatic heterocycles. The number of carbonyl (C=O) groups excluding carboxylic acids is 2. The smallest absolute Gasteiger partial charge is 0.243 e. The summed E-state index contributed by atoms with van der Waals surface area (Å²) in [5.41, 5.74) is 0. The van der Waals surface area contributed by atoms with Crippen LogP contribution in [0.25, 0.3) is 0 Å². The van der Waals surface area contributed by atoms with E-state index in [9.17, 15) is 9.59 Å². The van der Waals surface area contributed by atoms with Gasteiger partial charge in [-0.2, -0.15) is 0 Å². The molecule has 0 bridgehead atoms. The third-order valence-electron chi connectivity index (χ3n) is 2.60. The maximum Gasteiger partial charge on any atom is 0.243 e. The van der Waals surface area contributed by atoms with Crippen molar-refractivity contribution < 1.29 is 14.0 Å². The fourth-order valence-corrected chi connectivity index (χ4v) is 1.51. The minimum absolute atomic E-state index is 0.0390. The molecule has 18 heavy (non-hydrogen) atoms. The quantitative estimate of drug-likeness (QED) is 0.805. The molecule has 0 aliphatic carbocycles. The monoisotopic (exact) mass is 252 g/mol. The number of nitrogens with one attached hydrogen (secondary N) is 2. The number of furan rings is 1. The van der Waals surface area contributed by atoms with Crippen LogP contribution in [0.2, 0.25) is 0 Å². The highest BCUT2D eigenvalue weighted by Crippen LogP contribution is 2.04. The third-order valence-corrected chi connectivity index (χ3v) is 2.60. The highest BCUT2D eigenvalue weighted by atomic mass is 16.3. The fraction of sp³-hybridized carbons (Fsp3) is 0.538. The van der Waals surface area contributed by atoms with Gasteiger partial charge in [0.1, 0.15) is 11.8 Å². The summed E-state index contributed by atoms with van der Waals surface area (Å²) in [6, 6.07) is 3.04. The minimum atomic E-state index is -0.507. The third kappa shape index (κ3) is 4.24. The molecule has 1 heterocycles. The zero-order valence-electron chi connectivity index (χ0n) is 11.0. The van der Waals surface area contributed by atoms with E-state index in [4.69, 9.17) is 4.42 Å². The first-order valence-electron chi connectivity index (χ1n) is 6.14. The summed E-state index contributed by atoms with van der Waals surface area (Å²) < 4.78 is 5.12. The Bertz CT molecular complexity index is 385. The zero-order valence-corrected chi connectivity index (χ0v) is 11.0. The van der Waals surface area contributed by atoms with E-state index < -0.39 is 6.04 Å².